The van der Waals surface area contributed by atoms with E-state index in [1.807, 2.05) is 0 Å². The van der Waals surface area contributed by atoms with Gasteiger partial charge in [-0.1, -0.05) is 5.16 Å². The van der Waals surface area contributed by atoms with Crippen LogP contribution in [-0.4, -0.2) is 42.1 Å². The maximum atomic E-state index is 11.6. The fourth-order valence-electron chi connectivity index (χ4n) is 2.07. The molecule has 5 nitrogen and oxygen atoms in total. The van der Waals surface area contributed by atoms with Crippen molar-refractivity contribution in [3.63, 3.8) is 0 Å². The molecule has 1 N–H and O–H groups in total. The standard InChI is InChI=1S/C12H19N3O2/c1-10-9-11(14-17-10)12(16)13-5-4-8-15-6-2-3-7-15/h9H,2-8H2,1H3,(H,13,16). The molecule has 1 fully saturated rings. The highest BCUT2D eigenvalue weighted by Gasteiger charge is 2.12. The molecule has 0 radical (unpaired) electrons. The molecule has 0 aliphatic carbocycles. The van der Waals surface area contributed by atoms with E-state index in [4.69, 9.17) is 4.52 Å². The first-order valence-corrected chi connectivity index (χ1v) is 6.19. The summed E-state index contributed by atoms with van der Waals surface area (Å²) in [4.78, 5) is 14.0. The van der Waals surface area contributed by atoms with Crippen LogP contribution in [0.3, 0.4) is 0 Å². The zero-order valence-electron chi connectivity index (χ0n) is 10.2. The van der Waals surface area contributed by atoms with Gasteiger partial charge in [0.05, 0.1) is 0 Å². The summed E-state index contributed by atoms with van der Waals surface area (Å²) in [5.41, 5.74) is 0.365. The highest BCUT2D eigenvalue weighted by Crippen LogP contribution is 2.07. The van der Waals surface area contributed by atoms with Crippen molar-refractivity contribution in [2.45, 2.75) is 26.2 Å². The molecule has 1 amide bonds. The lowest BCUT2D eigenvalue weighted by Crippen LogP contribution is -2.28. The minimum Gasteiger partial charge on any atom is -0.361 e. The van der Waals surface area contributed by atoms with Crippen molar-refractivity contribution in [3.05, 3.63) is 17.5 Å². The van der Waals surface area contributed by atoms with Crippen LogP contribution in [0.1, 0.15) is 35.5 Å². The summed E-state index contributed by atoms with van der Waals surface area (Å²) in [6, 6.07) is 1.65. The van der Waals surface area contributed by atoms with E-state index < -0.39 is 0 Å². The normalized spacial score (nSPS) is 16.3. The Hall–Kier alpha value is -1.36. The Morgan fingerprint density at radius 1 is 1.53 bits per heavy atom. The molecule has 2 rings (SSSR count). The third-order valence-electron chi connectivity index (χ3n) is 3.00. The monoisotopic (exact) mass is 237 g/mol. The number of amides is 1. The smallest absolute Gasteiger partial charge is 0.273 e. The molecular weight excluding hydrogens is 218 g/mol. The van der Waals surface area contributed by atoms with Crippen molar-refractivity contribution < 1.29 is 9.32 Å². The molecule has 2 heterocycles. The van der Waals surface area contributed by atoms with Gasteiger partial charge in [0.2, 0.25) is 0 Å². The van der Waals surface area contributed by atoms with Gasteiger partial charge in [-0.3, -0.25) is 4.79 Å². The van der Waals surface area contributed by atoms with Crippen LogP contribution < -0.4 is 5.32 Å². The second-order valence-electron chi connectivity index (χ2n) is 4.48. The van der Waals surface area contributed by atoms with Crippen molar-refractivity contribution in [2.75, 3.05) is 26.2 Å². The maximum Gasteiger partial charge on any atom is 0.273 e. The maximum absolute atomic E-state index is 11.6. The lowest BCUT2D eigenvalue weighted by molar-refractivity contribution is 0.0943. The van der Waals surface area contributed by atoms with E-state index in [-0.39, 0.29) is 5.91 Å². The number of likely N-dealkylation sites (tertiary alicyclic amines) is 1. The van der Waals surface area contributed by atoms with Crippen molar-refractivity contribution in [1.29, 1.82) is 0 Å². The number of carbonyl (C=O) groups excluding carboxylic acids is 1. The van der Waals surface area contributed by atoms with Crippen molar-refractivity contribution in [2.24, 2.45) is 0 Å². The Morgan fingerprint density at radius 3 is 2.94 bits per heavy atom. The lowest BCUT2D eigenvalue weighted by atomic mass is 10.3. The number of hydrogen-bond acceptors (Lipinski definition) is 4. The molecule has 0 spiro atoms. The van der Waals surface area contributed by atoms with Crippen LogP contribution in [0.2, 0.25) is 0 Å². The Kier molecular flexibility index (Phi) is 4.14. The van der Waals surface area contributed by atoms with E-state index in [2.05, 4.69) is 15.4 Å². The number of carbonyl (C=O) groups is 1. The molecule has 0 atom stereocenters. The molecule has 1 saturated heterocycles. The first-order valence-electron chi connectivity index (χ1n) is 6.19. The van der Waals surface area contributed by atoms with Gasteiger partial charge in [0, 0.05) is 12.6 Å². The molecule has 0 bridgehead atoms. The average molecular weight is 237 g/mol. The Morgan fingerprint density at radius 2 is 2.29 bits per heavy atom. The third-order valence-corrected chi connectivity index (χ3v) is 3.00. The van der Waals surface area contributed by atoms with Crippen LogP contribution in [0.5, 0.6) is 0 Å². The highest BCUT2D eigenvalue weighted by atomic mass is 16.5. The summed E-state index contributed by atoms with van der Waals surface area (Å²) in [5, 5.41) is 6.52. The molecule has 17 heavy (non-hydrogen) atoms. The molecule has 1 aromatic heterocycles. The van der Waals surface area contributed by atoms with Crippen molar-refractivity contribution in [1.82, 2.24) is 15.4 Å². The minimum absolute atomic E-state index is 0.150. The number of nitrogens with zero attached hydrogens (tertiary/aromatic N) is 2. The van der Waals surface area contributed by atoms with E-state index in [1.165, 1.54) is 25.9 Å². The molecule has 0 aromatic carbocycles. The van der Waals surface area contributed by atoms with Gasteiger partial charge in [-0.05, 0) is 45.8 Å². The quantitative estimate of drug-likeness (QED) is 0.782. The Labute approximate surface area is 101 Å². The third kappa shape index (κ3) is 3.56. The van der Waals surface area contributed by atoms with Crippen LogP contribution in [0.15, 0.2) is 10.6 Å². The highest BCUT2D eigenvalue weighted by molar-refractivity contribution is 5.92. The van der Waals surface area contributed by atoms with Gasteiger partial charge in [0.1, 0.15) is 5.76 Å². The van der Waals surface area contributed by atoms with Gasteiger partial charge in [-0.15, -0.1) is 0 Å². The zero-order valence-corrected chi connectivity index (χ0v) is 10.2. The number of rotatable bonds is 5. The van der Waals surface area contributed by atoms with Crippen LogP contribution in [0.4, 0.5) is 0 Å². The fourth-order valence-corrected chi connectivity index (χ4v) is 2.07. The van der Waals surface area contributed by atoms with Crippen molar-refractivity contribution in [3.8, 4) is 0 Å². The molecule has 5 heteroatoms. The molecule has 94 valence electrons. The average Bonchev–Trinajstić information content (AvgIpc) is 2.95. The van der Waals surface area contributed by atoms with Gasteiger partial charge >= 0.3 is 0 Å². The van der Waals surface area contributed by atoms with Gasteiger partial charge < -0.3 is 14.7 Å². The number of nitrogens with one attached hydrogen (secondary N) is 1. The van der Waals surface area contributed by atoms with Gasteiger partial charge in [0.25, 0.3) is 5.91 Å². The topological polar surface area (TPSA) is 58.4 Å². The van der Waals surface area contributed by atoms with Gasteiger partial charge in [-0.25, -0.2) is 0 Å². The van der Waals surface area contributed by atoms with Gasteiger partial charge in [-0.2, -0.15) is 0 Å². The molecule has 0 unspecified atom stereocenters. The SMILES string of the molecule is Cc1cc(C(=O)NCCCN2CCCC2)no1. The lowest BCUT2D eigenvalue weighted by Gasteiger charge is -2.13. The Balaban J connectivity index is 1.63. The van der Waals surface area contributed by atoms with E-state index in [0.717, 1.165) is 13.0 Å². The van der Waals surface area contributed by atoms with Crippen LogP contribution in [0.25, 0.3) is 0 Å². The van der Waals surface area contributed by atoms with E-state index in [0.29, 0.717) is 18.0 Å². The molecule has 1 aliphatic heterocycles. The summed E-state index contributed by atoms with van der Waals surface area (Å²) < 4.78 is 4.85. The largest absolute Gasteiger partial charge is 0.361 e. The fraction of sp³-hybridized carbons (Fsp3) is 0.667. The summed E-state index contributed by atoms with van der Waals surface area (Å²) >= 11 is 0. The molecular formula is C12H19N3O2. The number of aryl methyl sites for hydroxylation is 1. The minimum atomic E-state index is -0.150. The van der Waals surface area contributed by atoms with Crippen LogP contribution in [0, 0.1) is 6.92 Å². The molecule has 0 saturated carbocycles. The number of aromatic nitrogens is 1. The first-order chi connectivity index (χ1) is 8.25. The zero-order chi connectivity index (χ0) is 12.1. The first kappa shape index (κ1) is 12.1. The van der Waals surface area contributed by atoms with E-state index in [1.54, 1.807) is 13.0 Å². The van der Waals surface area contributed by atoms with E-state index >= 15 is 0 Å². The van der Waals surface area contributed by atoms with Crippen molar-refractivity contribution >= 4 is 5.91 Å². The number of hydrogen-bond donors (Lipinski definition) is 1. The molecule has 1 aromatic rings. The van der Waals surface area contributed by atoms with E-state index in [9.17, 15) is 4.79 Å². The summed E-state index contributed by atoms with van der Waals surface area (Å²) in [6.45, 7) is 5.95. The molecule has 1 aliphatic rings. The Bertz CT molecular complexity index is 370. The second-order valence-corrected chi connectivity index (χ2v) is 4.48. The van der Waals surface area contributed by atoms with Crippen LogP contribution in [-0.2, 0) is 0 Å². The second kappa shape index (κ2) is 5.82. The predicted octanol–water partition coefficient (Wildman–Crippen LogP) is 1.20. The summed E-state index contributed by atoms with van der Waals surface area (Å²) in [7, 11) is 0. The van der Waals surface area contributed by atoms with Crippen LogP contribution >= 0.6 is 0 Å². The van der Waals surface area contributed by atoms with Gasteiger partial charge in [0.15, 0.2) is 5.69 Å². The predicted molar refractivity (Wildman–Crippen MR) is 63.9 cm³/mol. The summed E-state index contributed by atoms with van der Waals surface area (Å²) in [6.07, 6.45) is 3.61. The summed E-state index contributed by atoms with van der Waals surface area (Å²) in [5.74, 6) is 0.510.